The van der Waals surface area contributed by atoms with Crippen molar-refractivity contribution < 1.29 is 13.2 Å². The van der Waals surface area contributed by atoms with Gasteiger partial charge < -0.3 is 10.6 Å². The largest absolute Gasteiger partial charge is 0.416 e. The molecule has 140 valence electrons. The van der Waals surface area contributed by atoms with E-state index in [1.165, 1.54) is 18.6 Å². The van der Waals surface area contributed by atoms with E-state index in [0.29, 0.717) is 17.5 Å². The second kappa shape index (κ2) is 11.3. The average molecular weight is 356 g/mol. The highest BCUT2D eigenvalue weighted by Gasteiger charge is 2.29. The summed E-state index contributed by atoms with van der Waals surface area (Å²) in [6.07, 6.45) is -1.45. The van der Waals surface area contributed by atoms with E-state index in [9.17, 15) is 13.2 Å². The molecule has 0 fully saturated rings. The topological polar surface area (TPSA) is 49.8 Å². The number of aryl methyl sites for hydroxylation is 1. The Morgan fingerprint density at radius 3 is 2.00 bits per heavy atom. The molecule has 0 aliphatic rings. The van der Waals surface area contributed by atoms with Crippen molar-refractivity contribution in [2.24, 2.45) is 0 Å². The van der Waals surface area contributed by atoms with Gasteiger partial charge in [0.15, 0.2) is 0 Å². The Kier molecular flexibility index (Phi) is 10.2. The van der Waals surface area contributed by atoms with Crippen molar-refractivity contribution in [1.82, 2.24) is 9.97 Å². The van der Waals surface area contributed by atoms with E-state index < -0.39 is 11.7 Å². The molecule has 0 aliphatic heterocycles. The van der Waals surface area contributed by atoms with Crippen molar-refractivity contribution in [1.29, 1.82) is 0 Å². The van der Waals surface area contributed by atoms with Crippen LogP contribution in [0.2, 0.25) is 0 Å². The molecule has 0 radical (unpaired) electrons. The number of benzene rings is 1. The van der Waals surface area contributed by atoms with Crippen LogP contribution in [0, 0.1) is 6.92 Å². The fourth-order valence-electron chi connectivity index (χ4n) is 1.57. The van der Waals surface area contributed by atoms with Crippen molar-refractivity contribution in [3.8, 4) is 0 Å². The van der Waals surface area contributed by atoms with Gasteiger partial charge in [0.1, 0.15) is 5.82 Å². The van der Waals surface area contributed by atoms with Gasteiger partial charge in [-0.1, -0.05) is 34.1 Å². The Morgan fingerprint density at radius 2 is 1.56 bits per heavy atom. The minimum absolute atomic E-state index is 0.435. The Balaban J connectivity index is 0.00000104. The lowest BCUT2D eigenvalue weighted by atomic mass is 10.2. The van der Waals surface area contributed by atoms with Crippen LogP contribution in [0.4, 0.5) is 30.6 Å². The fraction of sp³-hybridized carbons (Fsp3) is 0.444. The summed E-state index contributed by atoms with van der Waals surface area (Å²) in [6.45, 7) is 10.1. The molecule has 0 atom stereocenters. The molecule has 2 aromatic rings. The maximum absolute atomic E-state index is 12.5. The van der Waals surface area contributed by atoms with Gasteiger partial charge in [0.2, 0.25) is 5.95 Å². The zero-order valence-electron chi connectivity index (χ0n) is 15.6. The van der Waals surface area contributed by atoms with Gasteiger partial charge in [0.05, 0.1) is 5.56 Å². The lowest BCUT2D eigenvalue weighted by Crippen LogP contribution is -2.05. The van der Waals surface area contributed by atoms with Crippen LogP contribution in [-0.2, 0) is 6.18 Å². The van der Waals surface area contributed by atoms with Gasteiger partial charge in [0.25, 0.3) is 0 Å². The predicted molar refractivity (Wildman–Crippen MR) is 98.4 cm³/mol. The summed E-state index contributed by atoms with van der Waals surface area (Å²) in [5, 5.41) is 5.77. The SMILES string of the molecule is CC.CCC.CNc1ncc(C)c(Nc2ccc(C(F)(F)F)cc2)n1. The first-order valence-corrected chi connectivity index (χ1v) is 8.27. The molecule has 1 aromatic carbocycles. The van der Waals surface area contributed by atoms with Crippen LogP contribution in [0.1, 0.15) is 45.2 Å². The standard InChI is InChI=1S/C13H13F3N4.C3H8.C2H6/c1-8-7-18-12(17-2)20-11(8)19-10-5-3-9(4-6-10)13(14,15)16;1-3-2;1-2/h3-7H,1-2H3,(H2,17,18,19,20);3H2,1-2H3;1-2H3. The number of hydrogen-bond donors (Lipinski definition) is 2. The first kappa shape index (κ1) is 22.7. The monoisotopic (exact) mass is 356 g/mol. The Labute approximate surface area is 147 Å². The lowest BCUT2D eigenvalue weighted by Gasteiger charge is -2.11. The number of halogens is 3. The molecule has 1 heterocycles. The highest BCUT2D eigenvalue weighted by molar-refractivity contribution is 5.60. The highest BCUT2D eigenvalue weighted by Crippen LogP contribution is 2.30. The van der Waals surface area contributed by atoms with E-state index in [4.69, 9.17) is 0 Å². The molecule has 2 N–H and O–H groups in total. The van der Waals surface area contributed by atoms with Crippen molar-refractivity contribution in [2.75, 3.05) is 17.7 Å². The van der Waals surface area contributed by atoms with Crippen LogP contribution in [0.3, 0.4) is 0 Å². The summed E-state index contributed by atoms with van der Waals surface area (Å²) in [7, 11) is 1.69. The second-order valence-electron chi connectivity index (χ2n) is 4.88. The minimum atomic E-state index is -4.33. The fourth-order valence-corrected chi connectivity index (χ4v) is 1.57. The molecule has 1 aromatic heterocycles. The van der Waals surface area contributed by atoms with E-state index in [0.717, 1.165) is 17.7 Å². The molecule has 0 unspecified atom stereocenters. The molecule has 0 aliphatic carbocycles. The molecular weight excluding hydrogens is 329 g/mol. The molecule has 0 saturated carbocycles. The summed E-state index contributed by atoms with van der Waals surface area (Å²) < 4.78 is 37.4. The quantitative estimate of drug-likeness (QED) is 0.705. The third kappa shape index (κ3) is 7.87. The first-order chi connectivity index (χ1) is 11.8. The lowest BCUT2D eigenvalue weighted by molar-refractivity contribution is -0.137. The molecule has 0 spiro atoms. The Morgan fingerprint density at radius 1 is 1.04 bits per heavy atom. The predicted octanol–water partition coefficient (Wildman–Crippen LogP) is 6.03. The molecule has 0 saturated heterocycles. The van der Waals surface area contributed by atoms with Gasteiger partial charge in [-0.05, 0) is 31.2 Å². The summed E-state index contributed by atoms with van der Waals surface area (Å²) in [5.41, 5.74) is 0.643. The summed E-state index contributed by atoms with van der Waals surface area (Å²) in [6, 6.07) is 4.78. The number of nitrogens with zero attached hydrogens (tertiary/aromatic N) is 2. The normalized spacial score (nSPS) is 9.96. The van der Waals surface area contributed by atoms with Gasteiger partial charge in [-0.3, -0.25) is 0 Å². The summed E-state index contributed by atoms with van der Waals surface area (Å²) in [5.74, 6) is 0.981. The van der Waals surface area contributed by atoms with Crippen molar-refractivity contribution in [2.45, 2.75) is 47.2 Å². The van der Waals surface area contributed by atoms with E-state index in [1.54, 1.807) is 13.2 Å². The van der Waals surface area contributed by atoms with Gasteiger partial charge in [-0.25, -0.2) is 4.98 Å². The molecule has 7 heteroatoms. The Hall–Kier alpha value is -2.31. The highest BCUT2D eigenvalue weighted by atomic mass is 19.4. The van der Waals surface area contributed by atoms with Crippen LogP contribution >= 0.6 is 0 Å². The first-order valence-electron chi connectivity index (χ1n) is 8.27. The molecule has 0 amide bonds. The van der Waals surface area contributed by atoms with Crippen LogP contribution in [0.5, 0.6) is 0 Å². The number of nitrogens with one attached hydrogen (secondary N) is 2. The number of aromatic nitrogens is 2. The number of hydrogen-bond acceptors (Lipinski definition) is 4. The van der Waals surface area contributed by atoms with E-state index in [-0.39, 0.29) is 0 Å². The third-order valence-corrected chi connectivity index (χ3v) is 2.67. The smallest absolute Gasteiger partial charge is 0.357 e. The van der Waals surface area contributed by atoms with Crippen LogP contribution in [0.15, 0.2) is 30.5 Å². The Bertz CT molecular complexity index is 611. The van der Waals surface area contributed by atoms with Gasteiger partial charge >= 0.3 is 6.18 Å². The maximum atomic E-state index is 12.5. The van der Waals surface area contributed by atoms with Gasteiger partial charge in [-0.2, -0.15) is 18.2 Å². The van der Waals surface area contributed by atoms with E-state index in [2.05, 4.69) is 34.4 Å². The van der Waals surface area contributed by atoms with Crippen LogP contribution in [0.25, 0.3) is 0 Å². The number of anilines is 3. The van der Waals surface area contributed by atoms with Crippen LogP contribution < -0.4 is 10.6 Å². The average Bonchev–Trinajstić information content (AvgIpc) is 2.59. The second-order valence-corrected chi connectivity index (χ2v) is 4.88. The van der Waals surface area contributed by atoms with E-state index >= 15 is 0 Å². The zero-order valence-corrected chi connectivity index (χ0v) is 15.6. The van der Waals surface area contributed by atoms with Crippen molar-refractivity contribution in [3.63, 3.8) is 0 Å². The molecule has 0 bridgehead atoms. The van der Waals surface area contributed by atoms with Crippen LogP contribution in [-0.4, -0.2) is 17.0 Å². The van der Waals surface area contributed by atoms with Gasteiger partial charge in [0, 0.05) is 24.5 Å². The number of rotatable bonds is 3. The molecular formula is C18H27F3N4. The minimum Gasteiger partial charge on any atom is -0.357 e. The maximum Gasteiger partial charge on any atom is 0.416 e. The zero-order chi connectivity index (χ0) is 19.5. The summed E-state index contributed by atoms with van der Waals surface area (Å²) in [4.78, 5) is 8.24. The van der Waals surface area contributed by atoms with Gasteiger partial charge in [-0.15, -0.1) is 0 Å². The molecule has 2 rings (SSSR count). The molecule has 25 heavy (non-hydrogen) atoms. The van der Waals surface area contributed by atoms with Crippen molar-refractivity contribution >= 4 is 17.5 Å². The van der Waals surface area contributed by atoms with Crippen molar-refractivity contribution in [3.05, 3.63) is 41.6 Å². The van der Waals surface area contributed by atoms with E-state index in [1.807, 2.05) is 20.8 Å². The summed E-state index contributed by atoms with van der Waals surface area (Å²) >= 11 is 0. The molecule has 4 nitrogen and oxygen atoms in total. The number of alkyl halides is 3. The third-order valence-electron chi connectivity index (χ3n) is 2.67.